The SMILES string of the molecule is COc1ccc(NCC(=O)Nn2c(-c3ccccc3)nc3ccccc3c2=O)cc1. The third-order valence-corrected chi connectivity index (χ3v) is 4.59. The molecule has 1 amide bonds. The molecule has 0 fully saturated rings. The van der Waals surface area contributed by atoms with Crippen LogP contribution in [0.1, 0.15) is 0 Å². The minimum absolute atomic E-state index is 0.0141. The standard InChI is InChI=1S/C23H20N4O3/c1-30-18-13-11-17(12-14-18)24-15-21(28)26-27-22(16-7-3-2-4-8-16)25-20-10-6-5-9-19(20)23(27)29/h2-14,24H,15H2,1H3,(H,26,28). The van der Waals surface area contributed by atoms with Gasteiger partial charge in [-0.25, -0.2) is 4.98 Å². The molecule has 1 heterocycles. The van der Waals surface area contributed by atoms with E-state index < -0.39 is 0 Å². The van der Waals surface area contributed by atoms with Crippen molar-refractivity contribution in [2.45, 2.75) is 0 Å². The van der Waals surface area contributed by atoms with Gasteiger partial charge in [0, 0.05) is 11.3 Å². The Morgan fingerprint density at radius 3 is 2.40 bits per heavy atom. The maximum Gasteiger partial charge on any atom is 0.280 e. The summed E-state index contributed by atoms with van der Waals surface area (Å²) in [5.41, 5.74) is 4.40. The quantitative estimate of drug-likeness (QED) is 0.519. The highest BCUT2D eigenvalue weighted by Crippen LogP contribution is 2.18. The molecule has 1 aromatic heterocycles. The molecule has 0 aliphatic carbocycles. The summed E-state index contributed by atoms with van der Waals surface area (Å²) < 4.78 is 6.33. The fraction of sp³-hybridized carbons (Fsp3) is 0.0870. The summed E-state index contributed by atoms with van der Waals surface area (Å²) in [6.07, 6.45) is 0. The number of anilines is 1. The van der Waals surface area contributed by atoms with Gasteiger partial charge in [0.15, 0.2) is 5.82 Å². The molecular formula is C23H20N4O3. The van der Waals surface area contributed by atoms with Crippen LogP contribution in [-0.4, -0.2) is 29.2 Å². The monoisotopic (exact) mass is 400 g/mol. The summed E-state index contributed by atoms with van der Waals surface area (Å²) in [7, 11) is 1.59. The van der Waals surface area contributed by atoms with Crippen LogP contribution in [0, 0.1) is 0 Å². The summed E-state index contributed by atoms with van der Waals surface area (Å²) in [5, 5.41) is 3.46. The molecule has 0 atom stereocenters. The van der Waals surface area contributed by atoms with E-state index in [1.807, 2.05) is 48.5 Å². The Kier molecular flexibility index (Phi) is 5.43. The zero-order valence-electron chi connectivity index (χ0n) is 16.3. The predicted octanol–water partition coefficient (Wildman–Crippen LogP) is 3.25. The fourth-order valence-electron chi connectivity index (χ4n) is 3.07. The summed E-state index contributed by atoms with van der Waals surface area (Å²) in [4.78, 5) is 30.3. The van der Waals surface area contributed by atoms with Gasteiger partial charge in [0.2, 0.25) is 0 Å². The molecule has 0 radical (unpaired) electrons. The molecule has 0 aliphatic heterocycles. The molecule has 7 heteroatoms. The Hall–Kier alpha value is -4.13. The lowest BCUT2D eigenvalue weighted by Gasteiger charge is -2.15. The summed E-state index contributed by atoms with van der Waals surface area (Å²) in [6, 6.07) is 23.6. The number of aromatic nitrogens is 2. The molecule has 0 aliphatic rings. The number of carbonyl (C=O) groups excluding carboxylic acids is 1. The largest absolute Gasteiger partial charge is 0.497 e. The van der Waals surface area contributed by atoms with Gasteiger partial charge in [-0.1, -0.05) is 42.5 Å². The number of para-hydroxylation sites is 1. The maximum atomic E-state index is 13.1. The molecule has 3 aromatic carbocycles. The van der Waals surface area contributed by atoms with Crippen LogP contribution < -0.4 is 21.0 Å². The van der Waals surface area contributed by atoms with E-state index in [0.717, 1.165) is 17.0 Å². The summed E-state index contributed by atoms with van der Waals surface area (Å²) in [6.45, 7) is -0.0141. The van der Waals surface area contributed by atoms with Gasteiger partial charge in [-0.3, -0.25) is 15.0 Å². The van der Waals surface area contributed by atoms with E-state index in [2.05, 4.69) is 15.7 Å². The molecule has 0 spiro atoms. The van der Waals surface area contributed by atoms with Gasteiger partial charge < -0.3 is 10.1 Å². The number of fused-ring (bicyclic) bond motifs is 1. The van der Waals surface area contributed by atoms with Crippen LogP contribution in [0.5, 0.6) is 5.75 Å². The lowest BCUT2D eigenvalue weighted by Crippen LogP contribution is -2.37. The number of hydrogen-bond acceptors (Lipinski definition) is 5. The third-order valence-electron chi connectivity index (χ3n) is 4.59. The number of amides is 1. The third kappa shape index (κ3) is 4.00. The van der Waals surface area contributed by atoms with E-state index in [0.29, 0.717) is 16.7 Å². The van der Waals surface area contributed by atoms with Crippen LogP contribution in [-0.2, 0) is 4.79 Å². The van der Waals surface area contributed by atoms with Crippen molar-refractivity contribution in [3.63, 3.8) is 0 Å². The van der Waals surface area contributed by atoms with Gasteiger partial charge in [-0.2, -0.15) is 4.68 Å². The molecule has 2 N–H and O–H groups in total. The van der Waals surface area contributed by atoms with E-state index >= 15 is 0 Å². The molecule has 4 rings (SSSR count). The number of rotatable bonds is 6. The highest BCUT2D eigenvalue weighted by atomic mass is 16.5. The van der Waals surface area contributed by atoms with Crippen molar-refractivity contribution in [1.82, 2.24) is 9.66 Å². The second-order valence-corrected chi connectivity index (χ2v) is 6.58. The number of hydrogen-bond donors (Lipinski definition) is 2. The molecule has 0 saturated heterocycles. The molecular weight excluding hydrogens is 380 g/mol. The Morgan fingerprint density at radius 2 is 1.67 bits per heavy atom. The minimum Gasteiger partial charge on any atom is -0.497 e. The Balaban J connectivity index is 1.62. The van der Waals surface area contributed by atoms with Gasteiger partial charge in [-0.15, -0.1) is 0 Å². The van der Waals surface area contributed by atoms with Crippen molar-refractivity contribution < 1.29 is 9.53 Å². The first-order valence-corrected chi connectivity index (χ1v) is 9.41. The van der Waals surface area contributed by atoms with Crippen LogP contribution in [0.25, 0.3) is 22.3 Å². The molecule has 150 valence electrons. The van der Waals surface area contributed by atoms with Gasteiger partial charge >= 0.3 is 0 Å². The first-order chi connectivity index (χ1) is 14.7. The van der Waals surface area contributed by atoms with E-state index in [-0.39, 0.29) is 18.0 Å². The zero-order valence-corrected chi connectivity index (χ0v) is 16.3. The van der Waals surface area contributed by atoms with Crippen molar-refractivity contribution in [3.05, 3.63) is 89.2 Å². The zero-order chi connectivity index (χ0) is 20.9. The van der Waals surface area contributed by atoms with E-state index in [1.54, 1.807) is 37.4 Å². The van der Waals surface area contributed by atoms with Gasteiger partial charge in [0.25, 0.3) is 11.5 Å². The highest BCUT2D eigenvalue weighted by Gasteiger charge is 2.14. The van der Waals surface area contributed by atoms with Crippen molar-refractivity contribution in [1.29, 1.82) is 0 Å². The number of carbonyl (C=O) groups is 1. The Morgan fingerprint density at radius 1 is 0.967 bits per heavy atom. The number of nitrogens with zero attached hydrogens (tertiary/aromatic N) is 2. The average Bonchev–Trinajstić information content (AvgIpc) is 2.80. The maximum absolute atomic E-state index is 13.1. The molecule has 30 heavy (non-hydrogen) atoms. The predicted molar refractivity (Wildman–Crippen MR) is 117 cm³/mol. The average molecular weight is 400 g/mol. The van der Waals surface area contributed by atoms with Gasteiger partial charge in [0.1, 0.15) is 5.75 Å². The first kappa shape index (κ1) is 19.2. The first-order valence-electron chi connectivity index (χ1n) is 9.41. The lowest BCUT2D eigenvalue weighted by molar-refractivity contribution is -0.115. The number of ether oxygens (including phenoxy) is 1. The Labute approximate surface area is 172 Å². The number of nitrogens with one attached hydrogen (secondary N) is 2. The smallest absolute Gasteiger partial charge is 0.280 e. The van der Waals surface area contributed by atoms with Crippen molar-refractivity contribution >= 4 is 22.5 Å². The van der Waals surface area contributed by atoms with Crippen LogP contribution in [0.4, 0.5) is 5.69 Å². The molecule has 0 saturated carbocycles. The van der Waals surface area contributed by atoms with Crippen LogP contribution in [0.3, 0.4) is 0 Å². The topological polar surface area (TPSA) is 85.2 Å². The number of methoxy groups -OCH3 is 1. The van der Waals surface area contributed by atoms with Crippen molar-refractivity contribution in [2.24, 2.45) is 0 Å². The minimum atomic E-state index is -0.373. The van der Waals surface area contributed by atoms with Crippen LogP contribution >= 0.6 is 0 Å². The normalized spacial score (nSPS) is 10.6. The number of benzene rings is 3. The van der Waals surface area contributed by atoms with Gasteiger partial charge in [0.05, 0.1) is 24.6 Å². The van der Waals surface area contributed by atoms with E-state index in [4.69, 9.17) is 4.74 Å². The molecule has 0 unspecified atom stereocenters. The van der Waals surface area contributed by atoms with Crippen LogP contribution in [0.2, 0.25) is 0 Å². The van der Waals surface area contributed by atoms with Crippen molar-refractivity contribution in [3.8, 4) is 17.1 Å². The summed E-state index contributed by atoms with van der Waals surface area (Å²) in [5.74, 6) is 0.727. The molecule has 7 nitrogen and oxygen atoms in total. The molecule has 4 aromatic rings. The Bertz CT molecular complexity index is 1240. The molecule has 0 bridgehead atoms. The fourth-order valence-corrected chi connectivity index (χ4v) is 3.07. The summed E-state index contributed by atoms with van der Waals surface area (Å²) >= 11 is 0. The lowest BCUT2D eigenvalue weighted by atomic mass is 10.2. The van der Waals surface area contributed by atoms with Gasteiger partial charge in [-0.05, 0) is 36.4 Å². The highest BCUT2D eigenvalue weighted by molar-refractivity contribution is 5.89. The van der Waals surface area contributed by atoms with Crippen molar-refractivity contribution in [2.75, 3.05) is 24.4 Å². The van der Waals surface area contributed by atoms with Crippen LogP contribution in [0.15, 0.2) is 83.7 Å². The second kappa shape index (κ2) is 8.48. The second-order valence-electron chi connectivity index (χ2n) is 6.58. The van der Waals surface area contributed by atoms with E-state index in [1.165, 1.54) is 4.68 Å². The van der Waals surface area contributed by atoms with E-state index in [9.17, 15) is 9.59 Å².